The molecule has 0 saturated heterocycles. The van der Waals surface area contributed by atoms with Crippen LogP contribution < -0.4 is 19.7 Å². The summed E-state index contributed by atoms with van der Waals surface area (Å²) in [4.78, 5) is 12.0. The molecule has 6 heteroatoms. The van der Waals surface area contributed by atoms with Gasteiger partial charge < -0.3 is 19.7 Å². The van der Waals surface area contributed by atoms with E-state index in [4.69, 9.17) is 19.4 Å². The third-order valence-corrected chi connectivity index (χ3v) is 6.15. The van der Waals surface area contributed by atoms with E-state index in [-0.39, 0.29) is 0 Å². The van der Waals surface area contributed by atoms with Crippen molar-refractivity contribution in [3.05, 3.63) is 42.5 Å². The van der Waals surface area contributed by atoms with Crippen molar-refractivity contribution in [1.29, 1.82) is 0 Å². The number of hydrogen-bond donors (Lipinski definition) is 1. The van der Waals surface area contributed by atoms with E-state index in [2.05, 4.69) is 22.3 Å². The maximum atomic E-state index is 5.83. The van der Waals surface area contributed by atoms with Crippen LogP contribution in [0.3, 0.4) is 0 Å². The Morgan fingerprint density at radius 3 is 2.80 bits per heavy atom. The van der Waals surface area contributed by atoms with Crippen LogP contribution in [0.2, 0.25) is 0 Å². The van der Waals surface area contributed by atoms with Crippen LogP contribution in [0.4, 0.5) is 17.5 Å². The molecule has 1 aliphatic carbocycles. The lowest BCUT2D eigenvalue weighted by Gasteiger charge is -2.30. The lowest BCUT2D eigenvalue weighted by atomic mass is 9.89. The van der Waals surface area contributed by atoms with Gasteiger partial charge in [-0.25, -0.2) is 4.98 Å². The zero-order valence-corrected chi connectivity index (χ0v) is 17.4. The van der Waals surface area contributed by atoms with E-state index in [9.17, 15) is 0 Å². The van der Waals surface area contributed by atoms with Gasteiger partial charge in [0.25, 0.3) is 0 Å². The Morgan fingerprint density at radius 2 is 1.93 bits per heavy atom. The number of nitrogens with one attached hydrogen (secondary N) is 1. The average molecular weight is 405 g/mol. The van der Waals surface area contributed by atoms with Gasteiger partial charge in [0.05, 0.1) is 19.3 Å². The number of rotatable bonds is 5. The van der Waals surface area contributed by atoms with Crippen LogP contribution in [-0.2, 0) is 0 Å². The first kappa shape index (κ1) is 19.0. The van der Waals surface area contributed by atoms with Gasteiger partial charge in [0, 0.05) is 11.9 Å². The van der Waals surface area contributed by atoms with E-state index in [1.54, 1.807) is 7.11 Å². The largest absolute Gasteiger partial charge is 0.494 e. The first-order chi connectivity index (χ1) is 14.8. The van der Waals surface area contributed by atoms with Crippen molar-refractivity contribution in [1.82, 2.24) is 9.97 Å². The highest BCUT2D eigenvalue weighted by atomic mass is 16.5. The Morgan fingerprint density at radius 1 is 1.07 bits per heavy atom. The van der Waals surface area contributed by atoms with Crippen molar-refractivity contribution in [3.63, 3.8) is 0 Å². The fourth-order valence-electron chi connectivity index (χ4n) is 4.54. The van der Waals surface area contributed by atoms with E-state index in [1.807, 2.05) is 30.3 Å². The molecule has 2 aromatic carbocycles. The van der Waals surface area contributed by atoms with Crippen molar-refractivity contribution >= 4 is 28.4 Å². The van der Waals surface area contributed by atoms with Crippen LogP contribution in [0.15, 0.2) is 42.5 Å². The van der Waals surface area contributed by atoms with Crippen LogP contribution in [0.1, 0.15) is 32.1 Å². The van der Waals surface area contributed by atoms with E-state index in [0.717, 1.165) is 40.5 Å². The number of para-hydroxylation sites is 3. The molecule has 2 aliphatic rings. The molecule has 3 aromatic rings. The number of hydrogen-bond acceptors (Lipinski definition) is 6. The quantitative estimate of drug-likeness (QED) is 0.634. The third kappa shape index (κ3) is 3.62. The summed E-state index contributed by atoms with van der Waals surface area (Å²) in [6, 6.07) is 14.1. The lowest BCUT2D eigenvalue weighted by Crippen LogP contribution is -2.30. The van der Waals surface area contributed by atoms with Crippen LogP contribution in [0.25, 0.3) is 10.9 Å². The molecule has 5 rings (SSSR count). The van der Waals surface area contributed by atoms with Gasteiger partial charge in [-0.3, -0.25) is 0 Å². The van der Waals surface area contributed by atoms with E-state index in [0.29, 0.717) is 25.0 Å². The molecule has 1 saturated carbocycles. The zero-order valence-electron chi connectivity index (χ0n) is 17.4. The Kier molecular flexibility index (Phi) is 5.30. The molecule has 0 atom stereocenters. The smallest absolute Gasteiger partial charge is 0.232 e. The van der Waals surface area contributed by atoms with Crippen molar-refractivity contribution in [2.45, 2.75) is 32.1 Å². The van der Waals surface area contributed by atoms with Gasteiger partial charge in [-0.2, -0.15) is 4.98 Å². The highest BCUT2D eigenvalue weighted by Crippen LogP contribution is 2.37. The summed E-state index contributed by atoms with van der Waals surface area (Å²) in [5.74, 6) is 3.89. The fourth-order valence-corrected chi connectivity index (χ4v) is 4.54. The topological polar surface area (TPSA) is 59.5 Å². The summed E-state index contributed by atoms with van der Waals surface area (Å²) in [6.07, 6.45) is 6.62. The number of benzene rings is 2. The second-order valence-electron chi connectivity index (χ2n) is 8.08. The lowest BCUT2D eigenvalue weighted by molar-refractivity contribution is 0.313. The molecular formula is C24H28N4O2. The summed E-state index contributed by atoms with van der Waals surface area (Å²) in [6.45, 7) is 2.26. The molecule has 0 amide bonds. The number of methoxy groups -OCH3 is 1. The molecule has 0 unspecified atom stereocenters. The number of ether oxygens (including phenoxy) is 2. The maximum Gasteiger partial charge on any atom is 0.232 e. The predicted molar refractivity (Wildman–Crippen MR) is 120 cm³/mol. The molecule has 1 aliphatic heterocycles. The van der Waals surface area contributed by atoms with Crippen molar-refractivity contribution < 1.29 is 9.47 Å². The summed E-state index contributed by atoms with van der Waals surface area (Å²) in [5.41, 5.74) is 1.83. The molecule has 6 nitrogen and oxygen atoms in total. The standard InChI is InChI=1S/C24H28N4O2/c1-29-21-13-7-10-18-22(21)26-24(27-23(18)25-16-17-8-3-2-4-9-17)28-14-15-30-20-12-6-5-11-19(20)28/h5-7,10-13,17H,2-4,8-9,14-16H2,1H3,(H,25,26,27). The van der Waals surface area contributed by atoms with Gasteiger partial charge in [0.1, 0.15) is 29.4 Å². The molecule has 0 spiro atoms. The Bertz CT molecular complexity index is 1030. The van der Waals surface area contributed by atoms with Crippen LogP contribution in [0, 0.1) is 5.92 Å². The van der Waals surface area contributed by atoms with Gasteiger partial charge in [-0.1, -0.05) is 37.5 Å². The number of anilines is 3. The summed E-state index contributed by atoms with van der Waals surface area (Å²) in [7, 11) is 1.69. The first-order valence-electron chi connectivity index (χ1n) is 10.9. The van der Waals surface area contributed by atoms with E-state index >= 15 is 0 Å². The predicted octanol–water partition coefficient (Wildman–Crippen LogP) is 5.16. The second-order valence-corrected chi connectivity index (χ2v) is 8.08. The average Bonchev–Trinajstić information content (AvgIpc) is 2.82. The maximum absolute atomic E-state index is 5.83. The van der Waals surface area contributed by atoms with E-state index < -0.39 is 0 Å². The third-order valence-electron chi connectivity index (χ3n) is 6.15. The highest BCUT2D eigenvalue weighted by molar-refractivity contribution is 5.94. The Labute approximate surface area is 177 Å². The van der Waals surface area contributed by atoms with Crippen molar-refractivity contribution in [3.8, 4) is 11.5 Å². The van der Waals surface area contributed by atoms with Gasteiger partial charge in [-0.15, -0.1) is 0 Å². The summed E-state index contributed by atoms with van der Waals surface area (Å²) in [5, 5.41) is 4.64. The number of nitrogens with zero attached hydrogens (tertiary/aromatic N) is 3. The molecule has 1 aromatic heterocycles. The molecule has 1 N–H and O–H groups in total. The Hall–Kier alpha value is -3.02. The van der Waals surface area contributed by atoms with Gasteiger partial charge in [0.2, 0.25) is 5.95 Å². The highest BCUT2D eigenvalue weighted by Gasteiger charge is 2.23. The molecule has 30 heavy (non-hydrogen) atoms. The molecule has 0 radical (unpaired) electrons. The molecule has 2 heterocycles. The van der Waals surface area contributed by atoms with Crippen molar-refractivity contribution in [2.24, 2.45) is 5.92 Å². The minimum absolute atomic E-state index is 0.606. The minimum Gasteiger partial charge on any atom is -0.494 e. The molecule has 156 valence electrons. The minimum atomic E-state index is 0.606. The first-order valence-corrected chi connectivity index (χ1v) is 10.9. The van der Waals surface area contributed by atoms with Gasteiger partial charge in [0.15, 0.2) is 0 Å². The Balaban J connectivity index is 1.55. The second kappa shape index (κ2) is 8.38. The summed E-state index contributed by atoms with van der Waals surface area (Å²) >= 11 is 0. The molecule has 0 bridgehead atoms. The van der Waals surface area contributed by atoms with Gasteiger partial charge >= 0.3 is 0 Å². The number of aromatic nitrogens is 2. The monoisotopic (exact) mass is 404 g/mol. The normalized spacial score (nSPS) is 16.8. The number of fused-ring (bicyclic) bond motifs is 2. The fraction of sp³-hybridized carbons (Fsp3) is 0.417. The van der Waals surface area contributed by atoms with Crippen LogP contribution >= 0.6 is 0 Å². The van der Waals surface area contributed by atoms with E-state index in [1.165, 1.54) is 32.1 Å². The summed E-state index contributed by atoms with van der Waals surface area (Å²) < 4.78 is 11.5. The van der Waals surface area contributed by atoms with Crippen LogP contribution in [-0.4, -0.2) is 36.8 Å². The van der Waals surface area contributed by atoms with Crippen molar-refractivity contribution in [2.75, 3.05) is 37.0 Å². The SMILES string of the molecule is COc1cccc2c(NCC3CCCCC3)nc(N3CCOc4ccccc43)nc12. The van der Waals surface area contributed by atoms with Crippen LogP contribution in [0.5, 0.6) is 11.5 Å². The molecular weight excluding hydrogens is 376 g/mol. The zero-order chi connectivity index (χ0) is 20.3. The van der Waals surface area contributed by atoms with Gasteiger partial charge in [-0.05, 0) is 43.0 Å². The molecule has 1 fully saturated rings.